The lowest BCUT2D eigenvalue weighted by Gasteiger charge is -2.38. The standard InChI is InChI=1S/C18H22FN3O2/c1-18(24-2,15-5-3-4-6-16(15)19)17(23)21-10-7-14(8-11-21)22-12-9-20-13-22/h3-6,9,12-14H,7-8,10-11H2,1-2H3/t18-/m1/s1. The number of piperidine rings is 1. The molecule has 0 spiro atoms. The number of halogens is 1. The van der Waals surface area contributed by atoms with Gasteiger partial charge in [-0.25, -0.2) is 9.37 Å². The number of carbonyl (C=O) groups is 1. The maximum Gasteiger partial charge on any atom is 0.259 e. The Morgan fingerprint density at radius 2 is 2.04 bits per heavy atom. The van der Waals surface area contributed by atoms with Crippen molar-refractivity contribution < 1.29 is 13.9 Å². The van der Waals surface area contributed by atoms with Crippen LogP contribution in [-0.4, -0.2) is 40.6 Å². The van der Waals surface area contributed by atoms with Gasteiger partial charge in [-0.3, -0.25) is 4.79 Å². The second-order valence-corrected chi connectivity index (χ2v) is 6.25. The summed E-state index contributed by atoms with van der Waals surface area (Å²) in [5.74, 6) is -0.623. The SMILES string of the molecule is CO[C@@](C)(C(=O)N1CCC(n2ccnc2)CC1)c1ccccc1F. The van der Waals surface area contributed by atoms with Crippen LogP contribution in [0.25, 0.3) is 0 Å². The van der Waals surface area contributed by atoms with Crippen LogP contribution in [-0.2, 0) is 15.1 Å². The lowest BCUT2D eigenvalue weighted by atomic mass is 9.92. The van der Waals surface area contributed by atoms with E-state index in [0.717, 1.165) is 12.8 Å². The van der Waals surface area contributed by atoms with E-state index in [1.165, 1.54) is 13.2 Å². The highest BCUT2D eigenvalue weighted by Gasteiger charge is 2.41. The fourth-order valence-electron chi connectivity index (χ4n) is 3.31. The number of amides is 1. The van der Waals surface area contributed by atoms with Gasteiger partial charge >= 0.3 is 0 Å². The summed E-state index contributed by atoms with van der Waals surface area (Å²) in [7, 11) is 1.45. The largest absolute Gasteiger partial charge is 0.364 e. The van der Waals surface area contributed by atoms with E-state index in [1.807, 2.05) is 6.20 Å². The number of methoxy groups -OCH3 is 1. The van der Waals surface area contributed by atoms with Gasteiger partial charge in [0.05, 0.1) is 6.33 Å². The fraction of sp³-hybridized carbons (Fsp3) is 0.444. The average molecular weight is 331 g/mol. The molecule has 2 heterocycles. The molecule has 0 bridgehead atoms. The lowest BCUT2D eigenvalue weighted by Crippen LogP contribution is -2.49. The number of likely N-dealkylation sites (tertiary alicyclic amines) is 1. The first-order valence-electron chi connectivity index (χ1n) is 8.13. The molecule has 1 aromatic heterocycles. The zero-order chi connectivity index (χ0) is 17.2. The maximum absolute atomic E-state index is 14.2. The smallest absolute Gasteiger partial charge is 0.259 e. The van der Waals surface area contributed by atoms with Gasteiger partial charge in [0.1, 0.15) is 5.82 Å². The van der Waals surface area contributed by atoms with Crippen molar-refractivity contribution in [3.05, 3.63) is 54.4 Å². The van der Waals surface area contributed by atoms with Gasteiger partial charge in [0.2, 0.25) is 0 Å². The van der Waals surface area contributed by atoms with Crippen LogP contribution in [0.1, 0.15) is 31.4 Å². The number of ether oxygens (including phenoxy) is 1. The first-order chi connectivity index (χ1) is 11.6. The zero-order valence-corrected chi connectivity index (χ0v) is 14.0. The van der Waals surface area contributed by atoms with Crippen LogP contribution >= 0.6 is 0 Å². The first-order valence-corrected chi connectivity index (χ1v) is 8.13. The Morgan fingerprint density at radius 1 is 1.33 bits per heavy atom. The minimum absolute atomic E-state index is 0.195. The Morgan fingerprint density at radius 3 is 2.62 bits per heavy atom. The summed E-state index contributed by atoms with van der Waals surface area (Å²) in [4.78, 5) is 18.9. The van der Waals surface area contributed by atoms with E-state index in [-0.39, 0.29) is 11.5 Å². The Labute approximate surface area is 141 Å². The molecule has 0 N–H and O–H groups in total. The van der Waals surface area contributed by atoms with Crippen LogP contribution < -0.4 is 0 Å². The van der Waals surface area contributed by atoms with E-state index < -0.39 is 11.4 Å². The Hall–Kier alpha value is -2.21. The molecule has 128 valence electrons. The number of hydrogen-bond donors (Lipinski definition) is 0. The molecule has 0 aliphatic carbocycles. The number of aromatic nitrogens is 2. The van der Waals surface area contributed by atoms with Gasteiger partial charge in [0.25, 0.3) is 5.91 Å². The van der Waals surface area contributed by atoms with E-state index in [9.17, 15) is 9.18 Å². The third-order valence-corrected chi connectivity index (χ3v) is 4.90. The van der Waals surface area contributed by atoms with Crippen LogP contribution in [0.4, 0.5) is 4.39 Å². The van der Waals surface area contributed by atoms with Gasteiger partial charge in [-0.1, -0.05) is 18.2 Å². The van der Waals surface area contributed by atoms with Crippen LogP contribution in [0, 0.1) is 5.82 Å². The second kappa shape index (κ2) is 6.73. The van der Waals surface area contributed by atoms with Crippen LogP contribution in [0.5, 0.6) is 0 Å². The van der Waals surface area contributed by atoms with Crippen LogP contribution in [0.3, 0.4) is 0 Å². The molecule has 6 heteroatoms. The molecule has 1 aliphatic rings. The van der Waals surface area contributed by atoms with Gasteiger partial charge in [-0.15, -0.1) is 0 Å². The van der Waals surface area contributed by atoms with Gasteiger partial charge in [0.15, 0.2) is 5.60 Å². The molecule has 2 aromatic rings. The molecule has 0 unspecified atom stereocenters. The summed E-state index contributed by atoms with van der Waals surface area (Å²) in [5, 5.41) is 0. The number of rotatable bonds is 4. The average Bonchev–Trinajstić information content (AvgIpc) is 3.15. The van der Waals surface area contributed by atoms with E-state index >= 15 is 0 Å². The summed E-state index contributed by atoms with van der Waals surface area (Å²) in [6.07, 6.45) is 7.21. The summed E-state index contributed by atoms with van der Waals surface area (Å²) < 4.78 is 21.7. The van der Waals surface area contributed by atoms with Crippen molar-refractivity contribution in [2.24, 2.45) is 0 Å². The third-order valence-electron chi connectivity index (χ3n) is 4.90. The van der Waals surface area contributed by atoms with Crippen molar-refractivity contribution in [3.63, 3.8) is 0 Å². The monoisotopic (exact) mass is 331 g/mol. The number of imidazole rings is 1. The summed E-state index contributed by atoms with van der Waals surface area (Å²) in [6.45, 7) is 2.87. The quantitative estimate of drug-likeness (QED) is 0.865. The Balaban J connectivity index is 1.75. The van der Waals surface area contributed by atoms with Crippen molar-refractivity contribution in [3.8, 4) is 0 Å². The van der Waals surface area contributed by atoms with E-state index in [4.69, 9.17) is 4.74 Å². The van der Waals surface area contributed by atoms with Crippen molar-refractivity contribution >= 4 is 5.91 Å². The Kier molecular flexibility index (Phi) is 4.66. The molecular weight excluding hydrogens is 309 g/mol. The molecule has 1 fully saturated rings. The Bertz CT molecular complexity index is 696. The van der Waals surface area contributed by atoms with Gasteiger partial charge < -0.3 is 14.2 Å². The van der Waals surface area contributed by atoms with E-state index in [0.29, 0.717) is 19.1 Å². The minimum Gasteiger partial charge on any atom is -0.364 e. The zero-order valence-electron chi connectivity index (χ0n) is 14.0. The van der Waals surface area contributed by atoms with Crippen molar-refractivity contribution in [1.29, 1.82) is 0 Å². The highest BCUT2D eigenvalue weighted by Crippen LogP contribution is 2.31. The minimum atomic E-state index is -1.31. The normalized spacial score (nSPS) is 18.4. The molecule has 3 rings (SSSR count). The van der Waals surface area contributed by atoms with E-state index in [1.54, 1.807) is 42.5 Å². The molecule has 24 heavy (non-hydrogen) atoms. The molecule has 5 nitrogen and oxygen atoms in total. The van der Waals surface area contributed by atoms with Crippen LogP contribution in [0.15, 0.2) is 43.0 Å². The third kappa shape index (κ3) is 2.94. The number of carbonyl (C=O) groups excluding carboxylic acids is 1. The van der Waals surface area contributed by atoms with Crippen molar-refractivity contribution in [1.82, 2.24) is 14.5 Å². The number of hydrogen-bond acceptors (Lipinski definition) is 3. The molecule has 1 aromatic carbocycles. The summed E-state index contributed by atoms with van der Waals surface area (Å²) in [6, 6.07) is 6.63. The molecule has 1 aliphatic heterocycles. The van der Waals surface area contributed by atoms with Gasteiger partial charge in [-0.05, 0) is 25.8 Å². The predicted molar refractivity (Wildman–Crippen MR) is 87.8 cm³/mol. The lowest BCUT2D eigenvalue weighted by molar-refractivity contribution is -0.156. The molecule has 0 radical (unpaired) electrons. The highest BCUT2D eigenvalue weighted by atomic mass is 19.1. The summed E-state index contributed by atoms with van der Waals surface area (Å²) >= 11 is 0. The van der Waals surface area contributed by atoms with Gasteiger partial charge in [0, 0.05) is 44.2 Å². The number of benzene rings is 1. The molecule has 1 saturated heterocycles. The molecule has 1 atom stereocenters. The molecule has 1 amide bonds. The highest BCUT2D eigenvalue weighted by molar-refractivity contribution is 5.86. The fourth-order valence-corrected chi connectivity index (χ4v) is 3.31. The topological polar surface area (TPSA) is 47.4 Å². The number of nitrogens with zero attached hydrogens (tertiary/aromatic N) is 3. The second-order valence-electron chi connectivity index (χ2n) is 6.25. The van der Waals surface area contributed by atoms with Crippen molar-refractivity contribution in [2.45, 2.75) is 31.4 Å². The molecular formula is C18H22FN3O2. The van der Waals surface area contributed by atoms with Crippen molar-refractivity contribution in [2.75, 3.05) is 20.2 Å². The molecule has 0 saturated carbocycles. The summed E-state index contributed by atoms with van der Waals surface area (Å²) in [5.41, 5.74) is -1.04. The first kappa shape index (κ1) is 16.6. The van der Waals surface area contributed by atoms with E-state index in [2.05, 4.69) is 9.55 Å². The maximum atomic E-state index is 14.2. The predicted octanol–water partition coefficient (Wildman–Crippen LogP) is 2.75. The van der Waals surface area contributed by atoms with Gasteiger partial charge in [-0.2, -0.15) is 0 Å². The van der Waals surface area contributed by atoms with Crippen LogP contribution in [0.2, 0.25) is 0 Å².